The number of fused-ring (bicyclic) bond motifs is 1. The van der Waals surface area contributed by atoms with Crippen molar-refractivity contribution in [2.24, 2.45) is 11.8 Å². The number of aromatic hydroxyl groups is 2. The molecule has 2 aromatic rings. The number of rotatable bonds is 5. The number of phenols is 2. The van der Waals surface area contributed by atoms with E-state index in [0.717, 1.165) is 12.8 Å². The number of para-hydroxylation sites is 2. The minimum atomic E-state index is -0.479. The van der Waals surface area contributed by atoms with Gasteiger partial charge in [0.25, 0.3) is 0 Å². The molecule has 27 heavy (non-hydrogen) atoms. The molecule has 4 rings (SSSR count). The lowest BCUT2D eigenvalue weighted by molar-refractivity contribution is -0.139. The molecule has 140 valence electrons. The number of likely N-dealkylation sites (tertiary alicyclic amines) is 1. The summed E-state index contributed by atoms with van der Waals surface area (Å²) in [4.78, 5) is 27.4. The smallest absolute Gasteiger partial charge is 0.233 e. The summed E-state index contributed by atoms with van der Waals surface area (Å²) in [6, 6.07) is 13.9. The number of hydrogen-bond donors (Lipinski definition) is 2. The van der Waals surface area contributed by atoms with E-state index in [9.17, 15) is 19.8 Å². The zero-order chi connectivity index (χ0) is 19.1. The van der Waals surface area contributed by atoms with Gasteiger partial charge in [-0.25, -0.2) is 0 Å². The molecule has 1 aliphatic heterocycles. The van der Waals surface area contributed by atoms with E-state index in [0.29, 0.717) is 17.7 Å². The monoisotopic (exact) mass is 365 g/mol. The van der Waals surface area contributed by atoms with Crippen molar-refractivity contribution in [3.05, 3.63) is 59.7 Å². The van der Waals surface area contributed by atoms with Gasteiger partial charge in [0.2, 0.25) is 11.8 Å². The molecule has 5 heteroatoms. The van der Waals surface area contributed by atoms with Gasteiger partial charge in [-0.3, -0.25) is 14.5 Å². The van der Waals surface area contributed by atoms with Gasteiger partial charge in [0.15, 0.2) is 0 Å². The van der Waals surface area contributed by atoms with Crippen LogP contribution < -0.4 is 0 Å². The first-order valence-corrected chi connectivity index (χ1v) is 9.47. The van der Waals surface area contributed by atoms with E-state index in [4.69, 9.17) is 0 Å². The van der Waals surface area contributed by atoms with Crippen LogP contribution in [-0.2, 0) is 9.59 Å². The number of unbranched alkanes of at least 4 members (excludes halogenated alkanes) is 1. The summed E-state index contributed by atoms with van der Waals surface area (Å²) < 4.78 is 0. The molecule has 2 aliphatic rings. The Bertz CT molecular complexity index is 824. The number of phenolic OH excluding ortho intramolecular Hbond substituents is 2. The Kier molecular flexibility index (Phi) is 4.38. The molecule has 0 radical (unpaired) electrons. The molecule has 1 saturated carbocycles. The van der Waals surface area contributed by atoms with Crippen LogP contribution >= 0.6 is 0 Å². The standard InChI is InChI=1S/C22H23NO4/c1-2-3-12-23-21(26)19-17(13-8-4-6-10-15(13)24)18(20(19)22(23)27)14-9-5-7-11-16(14)25/h4-11,17-20,24-25H,2-3,12H2,1H3. The predicted octanol–water partition coefficient (Wildman–Crippen LogP) is 3.38. The van der Waals surface area contributed by atoms with Gasteiger partial charge in [0.1, 0.15) is 11.5 Å². The molecular formula is C22H23NO4. The largest absolute Gasteiger partial charge is 0.508 e. The van der Waals surface area contributed by atoms with E-state index in [2.05, 4.69) is 0 Å². The predicted molar refractivity (Wildman–Crippen MR) is 100 cm³/mol. The summed E-state index contributed by atoms with van der Waals surface area (Å²) in [5.41, 5.74) is 1.32. The third-order valence-corrected chi connectivity index (χ3v) is 5.98. The van der Waals surface area contributed by atoms with E-state index >= 15 is 0 Å². The van der Waals surface area contributed by atoms with Crippen LogP contribution in [0.1, 0.15) is 42.7 Å². The van der Waals surface area contributed by atoms with Crippen LogP contribution in [0.4, 0.5) is 0 Å². The van der Waals surface area contributed by atoms with Crippen LogP contribution in [0.2, 0.25) is 0 Å². The third kappa shape index (κ3) is 2.60. The van der Waals surface area contributed by atoms with Gasteiger partial charge in [-0.15, -0.1) is 0 Å². The molecule has 5 nitrogen and oxygen atoms in total. The lowest BCUT2D eigenvalue weighted by Gasteiger charge is -2.46. The Morgan fingerprint density at radius 3 is 1.63 bits per heavy atom. The summed E-state index contributed by atoms with van der Waals surface area (Å²) in [7, 11) is 0. The molecule has 1 heterocycles. The zero-order valence-electron chi connectivity index (χ0n) is 15.2. The second kappa shape index (κ2) is 6.72. The van der Waals surface area contributed by atoms with E-state index < -0.39 is 11.8 Å². The zero-order valence-corrected chi connectivity index (χ0v) is 15.2. The van der Waals surface area contributed by atoms with E-state index in [1.54, 1.807) is 36.4 Å². The fraction of sp³-hybridized carbons (Fsp3) is 0.364. The van der Waals surface area contributed by atoms with Crippen LogP contribution in [-0.4, -0.2) is 33.5 Å². The number of carbonyl (C=O) groups excluding carboxylic acids is 2. The highest BCUT2D eigenvalue weighted by Gasteiger charge is 2.65. The quantitative estimate of drug-likeness (QED) is 0.797. The van der Waals surface area contributed by atoms with Crippen molar-refractivity contribution in [1.82, 2.24) is 4.90 Å². The van der Waals surface area contributed by atoms with Crippen molar-refractivity contribution in [1.29, 1.82) is 0 Å². The molecule has 0 spiro atoms. The van der Waals surface area contributed by atoms with Crippen molar-refractivity contribution in [2.45, 2.75) is 31.6 Å². The lowest BCUT2D eigenvalue weighted by atomic mass is 9.53. The number of carbonyl (C=O) groups is 2. The van der Waals surface area contributed by atoms with Crippen molar-refractivity contribution in [3.63, 3.8) is 0 Å². The van der Waals surface area contributed by atoms with Crippen molar-refractivity contribution < 1.29 is 19.8 Å². The fourth-order valence-electron chi connectivity index (χ4n) is 4.68. The van der Waals surface area contributed by atoms with Crippen molar-refractivity contribution >= 4 is 11.8 Å². The Hall–Kier alpha value is -2.82. The summed E-state index contributed by atoms with van der Waals surface area (Å²) in [6.07, 6.45) is 1.68. The number of nitrogens with zero attached hydrogens (tertiary/aromatic N) is 1. The highest BCUT2D eigenvalue weighted by molar-refractivity contribution is 6.08. The van der Waals surface area contributed by atoms with E-state index in [1.165, 1.54) is 4.90 Å². The van der Waals surface area contributed by atoms with Crippen LogP contribution in [0.3, 0.4) is 0 Å². The summed E-state index contributed by atoms with van der Waals surface area (Å²) in [5.74, 6) is -1.68. The van der Waals surface area contributed by atoms with Crippen molar-refractivity contribution in [2.75, 3.05) is 6.54 Å². The first-order chi connectivity index (χ1) is 13.1. The molecular weight excluding hydrogens is 342 g/mol. The molecule has 2 amide bonds. The molecule has 2 aromatic carbocycles. The van der Waals surface area contributed by atoms with Crippen LogP contribution in [0.5, 0.6) is 11.5 Å². The minimum absolute atomic E-state index is 0.119. The molecule has 4 unspecified atom stereocenters. The number of amides is 2. The lowest BCUT2D eigenvalue weighted by Crippen LogP contribution is -2.45. The van der Waals surface area contributed by atoms with Gasteiger partial charge in [-0.1, -0.05) is 49.7 Å². The van der Waals surface area contributed by atoms with E-state index in [1.807, 2.05) is 19.1 Å². The highest BCUT2D eigenvalue weighted by atomic mass is 16.3. The number of benzene rings is 2. The molecule has 1 aliphatic carbocycles. The molecule has 0 bridgehead atoms. The topological polar surface area (TPSA) is 77.8 Å². The van der Waals surface area contributed by atoms with E-state index in [-0.39, 0.29) is 35.1 Å². The first-order valence-electron chi connectivity index (χ1n) is 9.47. The number of hydrogen-bond acceptors (Lipinski definition) is 4. The van der Waals surface area contributed by atoms with Gasteiger partial charge in [0, 0.05) is 18.4 Å². The van der Waals surface area contributed by atoms with Gasteiger partial charge in [0.05, 0.1) is 11.8 Å². The summed E-state index contributed by atoms with van der Waals surface area (Å²) in [5, 5.41) is 20.8. The SMILES string of the molecule is CCCCN1C(=O)C2C(C1=O)C(c1ccccc1O)C2c1ccccc1O. The fourth-order valence-corrected chi connectivity index (χ4v) is 4.68. The van der Waals surface area contributed by atoms with Gasteiger partial charge >= 0.3 is 0 Å². The maximum atomic E-state index is 13.0. The van der Waals surface area contributed by atoms with Gasteiger partial charge < -0.3 is 10.2 Å². The molecule has 0 aromatic heterocycles. The molecule has 1 saturated heterocycles. The highest BCUT2D eigenvalue weighted by Crippen LogP contribution is 2.63. The van der Waals surface area contributed by atoms with Crippen LogP contribution in [0, 0.1) is 11.8 Å². The molecule has 2 fully saturated rings. The minimum Gasteiger partial charge on any atom is -0.508 e. The Morgan fingerprint density at radius 2 is 1.22 bits per heavy atom. The Labute approximate surface area is 158 Å². The second-order valence-corrected chi connectivity index (χ2v) is 7.40. The summed E-state index contributed by atoms with van der Waals surface area (Å²) in [6.45, 7) is 2.46. The maximum Gasteiger partial charge on any atom is 0.233 e. The van der Waals surface area contributed by atoms with Crippen molar-refractivity contribution in [3.8, 4) is 11.5 Å². The average Bonchev–Trinajstić information content (AvgIpc) is 2.84. The molecule has 2 N–H and O–H groups in total. The summed E-state index contributed by atoms with van der Waals surface area (Å²) >= 11 is 0. The molecule has 4 atom stereocenters. The van der Waals surface area contributed by atoms with Gasteiger partial charge in [-0.05, 0) is 29.7 Å². The first kappa shape index (κ1) is 17.6. The number of imide groups is 1. The Balaban J connectivity index is 1.79. The average molecular weight is 365 g/mol. The third-order valence-electron chi connectivity index (χ3n) is 5.98. The Morgan fingerprint density at radius 1 is 0.778 bits per heavy atom. The van der Waals surface area contributed by atoms with Gasteiger partial charge in [-0.2, -0.15) is 0 Å². The second-order valence-electron chi connectivity index (χ2n) is 7.40. The normalized spacial score (nSPS) is 26.8. The maximum absolute atomic E-state index is 13.0. The van der Waals surface area contributed by atoms with Crippen LogP contribution in [0.15, 0.2) is 48.5 Å². The van der Waals surface area contributed by atoms with Crippen LogP contribution in [0.25, 0.3) is 0 Å².